The fourth-order valence-corrected chi connectivity index (χ4v) is 3.34. The molecule has 2 heterocycles. The largest absolute Gasteiger partial charge is 0.300 e. The van der Waals surface area contributed by atoms with Crippen LogP contribution in [-0.2, 0) is 4.79 Å². The van der Waals surface area contributed by atoms with E-state index in [-0.39, 0.29) is 11.5 Å². The van der Waals surface area contributed by atoms with E-state index < -0.39 is 6.04 Å². The first-order valence-electron chi connectivity index (χ1n) is 7.98. The first-order chi connectivity index (χ1) is 11.1. The molecule has 0 saturated heterocycles. The van der Waals surface area contributed by atoms with Gasteiger partial charge in [-0.05, 0) is 38.7 Å². The van der Waals surface area contributed by atoms with Crippen LogP contribution in [0.3, 0.4) is 0 Å². The summed E-state index contributed by atoms with van der Waals surface area (Å²) in [4.78, 5) is 28.9. The molecule has 1 amide bonds. The molecule has 4 rings (SSSR count). The van der Waals surface area contributed by atoms with Crippen LogP contribution in [0.5, 0.6) is 0 Å². The summed E-state index contributed by atoms with van der Waals surface area (Å²) in [6, 6.07) is 2.61. The van der Waals surface area contributed by atoms with Crippen molar-refractivity contribution < 1.29 is 4.79 Å². The number of rotatable bonds is 5. The van der Waals surface area contributed by atoms with E-state index in [2.05, 4.69) is 15.4 Å². The Morgan fingerprint density at radius 3 is 2.65 bits per heavy atom. The maximum absolute atomic E-state index is 12.4. The molecule has 23 heavy (non-hydrogen) atoms. The molecular weight excluding hydrogens is 312 g/mol. The summed E-state index contributed by atoms with van der Waals surface area (Å²) in [5.41, 5.74) is 1.70. The van der Waals surface area contributed by atoms with Crippen LogP contribution in [0.2, 0.25) is 0 Å². The molecular formula is C16H18N4O2S. The van der Waals surface area contributed by atoms with E-state index in [0.29, 0.717) is 17.0 Å². The van der Waals surface area contributed by atoms with E-state index in [9.17, 15) is 9.59 Å². The van der Waals surface area contributed by atoms with Crippen LogP contribution in [0.1, 0.15) is 61.9 Å². The highest BCUT2D eigenvalue weighted by atomic mass is 32.1. The standard InChI is InChI=1S/C16H18N4O2S/c1-9(20-14(21)7-6-12(19-20)10-2-3-10)15(22)18-16-17-13(8-23-16)11-4-5-11/h6-11H,2-5H2,1H3,(H,17,18,22)/t9-/m0/s1. The number of thiazole rings is 1. The zero-order chi connectivity index (χ0) is 16.0. The second-order valence-corrected chi connectivity index (χ2v) is 7.19. The molecule has 2 aliphatic carbocycles. The predicted molar refractivity (Wildman–Crippen MR) is 87.9 cm³/mol. The van der Waals surface area contributed by atoms with Gasteiger partial charge in [0.05, 0.1) is 11.4 Å². The third-order valence-corrected chi connectivity index (χ3v) is 5.11. The Bertz CT molecular complexity index is 804. The second-order valence-electron chi connectivity index (χ2n) is 6.33. The molecule has 1 atom stereocenters. The van der Waals surface area contributed by atoms with Gasteiger partial charge in [-0.15, -0.1) is 11.3 Å². The van der Waals surface area contributed by atoms with Crippen molar-refractivity contribution in [1.29, 1.82) is 0 Å². The van der Waals surface area contributed by atoms with Gasteiger partial charge in [-0.25, -0.2) is 9.67 Å². The lowest BCUT2D eigenvalue weighted by molar-refractivity contribution is -0.119. The van der Waals surface area contributed by atoms with Gasteiger partial charge in [0.15, 0.2) is 5.13 Å². The van der Waals surface area contributed by atoms with Crippen LogP contribution < -0.4 is 10.9 Å². The van der Waals surface area contributed by atoms with Gasteiger partial charge >= 0.3 is 0 Å². The third kappa shape index (κ3) is 3.06. The molecule has 2 aromatic rings. The number of carbonyl (C=O) groups excluding carboxylic acids is 1. The molecule has 120 valence electrons. The van der Waals surface area contributed by atoms with Crippen LogP contribution in [0.4, 0.5) is 5.13 Å². The molecule has 0 bridgehead atoms. The molecule has 2 aromatic heterocycles. The van der Waals surface area contributed by atoms with Gasteiger partial charge < -0.3 is 5.32 Å². The molecule has 1 N–H and O–H groups in total. The molecule has 0 unspecified atom stereocenters. The highest BCUT2D eigenvalue weighted by Gasteiger charge is 2.28. The Kier molecular flexibility index (Phi) is 3.52. The molecule has 7 heteroatoms. The number of hydrogen-bond acceptors (Lipinski definition) is 5. The number of hydrogen-bond donors (Lipinski definition) is 1. The summed E-state index contributed by atoms with van der Waals surface area (Å²) in [5.74, 6) is 0.746. The average Bonchev–Trinajstić information content (AvgIpc) is 3.46. The molecule has 0 aromatic carbocycles. The van der Waals surface area contributed by atoms with Crippen molar-refractivity contribution in [3.63, 3.8) is 0 Å². The van der Waals surface area contributed by atoms with E-state index >= 15 is 0 Å². The fraction of sp³-hybridized carbons (Fsp3) is 0.500. The summed E-state index contributed by atoms with van der Waals surface area (Å²) < 4.78 is 1.28. The maximum atomic E-state index is 12.4. The van der Waals surface area contributed by atoms with Crippen molar-refractivity contribution in [3.05, 3.63) is 39.3 Å². The fourth-order valence-electron chi connectivity index (χ4n) is 2.55. The van der Waals surface area contributed by atoms with Crippen molar-refractivity contribution in [2.45, 2.75) is 50.5 Å². The molecule has 0 spiro atoms. The molecule has 2 saturated carbocycles. The normalized spacial score (nSPS) is 18.7. The Balaban J connectivity index is 1.50. The Hall–Kier alpha value is -2.02. The first kappa shape index (κ1) is 14.6. The summed E-state index contributed by atoms with van der Waals surface area (Å²) in [7, 11) is 0. The van der Waals surface area contributed by atoms with E-state index in [0.717, 1.165) is 24.2 Å². The molecule has 6 nitrogen and oxygen atoms in total. The quantitative estimate of drug-likeness (QED) is 0.914. The minimum Gasteiger partial charge on any atom is -0.300 e. The predicted octanol–water partition coefficient (Wildman–Crippen LogP) is 2.65. The van der Waals surface area contributed by atoms with E-state index in [1.165, 1.54) is 34.9 Å². The summed E-state index contributed by atoms with van der Waals surface area (Å²) in [5, 5.41) is 9.76. The smallest absolute Gasteiger partial charge is 0.267 e. The van der Waals surface area contributed by atoms with Gasteiger partial charge in [0.1, 0.15) is 6.04 Å². The number of anilines is 1. The van der Waals surface area contributed by atoms with Crippen LogP contribution >= 0.6 is 11.3 Å². The van der Waals surface area contributed by atoms with Crippen molar-refractivity contribution >= 4 is 22.4 Å². The maximum Gasteiger partial charge on any atom is 0.267 e. The highest BCUT2D eigenvalue weighted by molar-refractivity contribution is 7.13. The van der Waals surface area contributed by atoms with Crippen molar-refractivity contribution in [3.8, 4) is 0 Å². The number of aromatic nitrogens is 3. The lowest BCUT2D eigenvalue weighted by atomic mass is 10.2. The zero-order valence-corrected chi connectivity index (χ0v) is 13.7. The highest BCUT2D eigenvalue weighted by Crippen LogP contribution is 2.41. The van der Waals surface area contributed by atoms with E-state index in [1.54, 1.807) is 13.0 Å². The minimum absolute atomic E-state index is 0.255. The molecule has 2 fully saturated rings. The lowest BCUT2D eigenvalue weighted by Gasteiger charge is -2.13. The summed E-state index contributed by atoms with van der Waals surface area (Å²) in [6.07, 6.45) is 4.57. The van der Waals surface area contributed by atoms with Gasteiger partial charge in [-0.2, -0.15) is 5.10 Å². The Morgan fingerprint density at radius 1 is 1.26 bits per heavy atom. The number of amides is 1. The van der Waals surface area contributed by atoms with Crippen molar-refractivity contribution in [2.24, 2.45) is 0 Å². The SMILES string of the molecule is C[C@@H](C(=O)Nc1nc(C2CC2)cs1)n1nc(C2CC2)ccc1=O. The van der Waals surface area contributed by atoms with Crippen molar-refractivity contribution in [1.82, 2.24) is 14.8 Å². The van der Waals surface area contributed by atoms with Gasteiger partial charge in [0, 0.05) is 23.3 Å². The monoisotopic (exact) mass is 330 g/mol. The summed E-state index contributed by atoms with van der Waals surface area (Å²) in [6.45, 7) is 1.69. The average molecular weight is 330 g/mol. The number of nitrogens with zero attached hydrogens (tertiary/aromatic N) is 3. The second kappa shape index (κ2) is 5.56. The van der Waals surface area contributed by atoms with Crippen molar-refractivity contribution in [2.75, 3.05) is 5.32 Å². The Morgan fingerprint density at radius 2 is 1.96 bits per heavy atom. The van der Waals surface area contributed by atoms with Crippen LogP contribution in [-0.4, -0.2) is 20.7 Å². The molecule has 0 radical (unpaired) electrons. The Labute approximate surface area is 137 Å². The molecule has 2 aliphatic rings. The van der Waals surface area contributed by atoms with Gasteiger partial charge in [-0.3, -0.25) is 9.59 Å². The number of nitrogens with one attached hydrogen (secondary N) is 1. The van der Waals surface area contributed by atoms with Gasteiger partial charge in [0.2, 0.25) is 0 Å². The van der Waals surface area contributed by atoms with Gasteiger partial charge in [0.25, 0.3) is 11.5 Å². The van der Waals surface area contributed by atoms with E-state index in [1.807, 2.05) is 5.38 Å². The van der Waals surface area contributed by atoms with Crippen LogP contribution in [0.15, 0.2) is 22.3 Å². The topological polar surface area (TPSA) is 76.9 Å². The number of carbonyl (C=O) groups is 1. The van der Waals surface area contributed by atoms with Gasteiger partial charge in [-0.1, -0.05) is 0 Å². The summed E-state index contributed by atoms with van der Waals surface area (Å²) >= 11 is 1.43. The third-order valence-electron chi connectivity index (χ3n) is 4.34. The lowest BCUT2D eigenvalue weighted by Crippen LogP contribution is -2.33. The molecule has 0 aliphatic heterocycles. The minimum atomic E-state index is -0.658. The van der Waals surface area contributed by atoms with E-state index in [4.69, 9.17) is 0 Å². The zero-order valence-electron chi connectivity index (χ0n) is 12.9. The van der Waals surface area contributed by atoms with Crippen LogP contribution in [0, 0.1) is 0 Å². The van der Waals surface area contributed by atoms with Crippen LogP contribution in [0.25, 0.3) is 0 Å². The first-order valence-corrected chi connectivity index (χ1v) is 8.86.